The van der Waals surface area contributed by atoms with Crippen molar-refractivity contribution in [2.75, 3.05) is 33.4 Å². The molecule has 1 aliphatic carbocycles. The summed E-state index contributed by atoms with van der Waals surface area (Å²) in [5, 5.41) is 6.61. The highest BCUT2D eigenvalue weighted by molar-refractivity contribution is 14.0. The van der Waals surface area contributed by atoms with E-state index in [2.05, 4.69) is 17.6 Å². The van der Waals surface area contributed by atoms with Crippen molar-refractivity contribution in [2.24, 2.45) is 4.99 Å². The second-order valence-corrected chi connectivity index (χ2v) is 6.11. The third-order valence-electron chi connectivity index (χ3n) is 4.47. The van der Waals surface area contributed by atoms with Crippen molar-refractivity contribution in [1.82, 2.24) is 10.6 Å². The summed E-state index contributed by atoms with van der Waals surface area (Å²) < 4.78 is 18.2. The lowest BCUT2D eigenvalue weighted by Crippen LogP contribution is -2.42. The van der Waals surface area contributed by atoms with E-state index in [1.807, 2.05) is 12.1 Å². The van der Waals surface area contributed by atoms with Gasteiger partial charge in [-0.1, -0.05) is 18.6 Å². The van der Waals surface area contributed by atoms with Crippen LogP contribution >= 0.6 is 24.0 Å². The normalized spacial score (nSPS) is 16.0. The SMILES string of the molecule is CCNC(=NCC1(c2ccc(F)cc2)CCC1)NCCCOC.I. The molecular formula is C18H29FIN3O. The van der Waals surface area contributed by atoms with E-state index < -0.39 is 0 Å². The van der Waals surface area contributed by atoms with Gasteiger partial charge in [0.25, 0.3) is 0 Å². The summed E-state index contributed by atoms with van der Waals surface area (Å²) in [6.07, 6.45) is 4.39. The zero-order valence-corrected chi connectivity index (χ0v) is 16.9. The minimum absolute atomic E-state index is 0. The Labute approximate surface area is 161 Å². The van der Waals surface area contributed by atoms with Crippen molar-refractivity contribution in [3.8, 4) is 0 Å². The van der Waals surface area contributed by atoms with Crippen LogP contribution in [0.1, 0.15) is 38.2 Å². The number of halogens is 2. The molecule has 0 atom stereocenters. The zero-order chi connectivity index (χ0) is 16.5. The van der Waals surface area contributed by atoms with E-state index in [0.29, 0.717) is 0 Å². The van der Waals surface area contributed by atoms with Crippen molar-refractivity contribution in [1.29, 1.82) is 0 Å². The number of rotatable bonds is 8. The van der Waals surface area contributed by atoms with Crippen LogP contribution in [-0.4, -0.2) is 39.3 Å². The Kier molecular flexibility index (Phi) is 9.58. The first kappa shape index (κ1) is 21.2. The van der Waals surface area contributed by atoms with Crippen molar-refractivity contribution in [2.45, 2.75) is 38.0 Å². The molecule has 24 heavy (non-hydrogen) atoms. The number of hydrogen-bond acceptors (Lipinski definition) is 2. The van der Waals surface area contributed by atoms with E-state index >= 15 is 0 Å². The zero-order valence-electron chi connectivity index (χ0n) is 14.6. The van der Waals surface area contributed by atoms with Crippen LogP contribution in [0.2, 0.25) is 0 Å². The fraction of sp³-hybridized carbons (Fsp3) is 0.611. The molecule has 2 rings (SSSR count). The molecule has 1 aromatic rings. The number of benzene rings is 1. The standard InChI is InChI=1S/C18H28FN3O.HI/c1-3-20-17(21-12-5-13-23-2)22-14-18(10-4-11-18)15-6-8-16(19)9-7-15;/h6-9H,3-5,10-14H2,1-2H3,(H2,20,21,22);1H. The van der Waals surface area contributed by atoms with Crippen molar-refractivity contribution in [3.63, 3.8) is 0 Å². The molecule has 1 aromatic carbocycles. The first-order chi connectivity index (χ1) is 11.2. The van der Waals surface area contributed by atoms with Crippen molar-refractivity contribution >= 4 is 29.9 Å². The van der Waals surface area contributed by atoms with Gasteiger partial charge in [0.05, 0.1) is 6.54 Å². The minimum atomic E-state index is -0.181. The van der Waals surface area contributed by atoms with Gasteiger partial charge in [-0.05, 0) is 43.9 Å². The Morgan fingerprint density at radius 1 is 1.25 bits per heavy atom. The molecule has 4 nitrogen and oxygen atoms in total. The summed E-state index contributed by atoms with van der Waals surface area (Å²) in [5.74, 6) is 0.664. The lowest BCUT2D eigenvalue weighted by molar-refractivity contribution is 0.195. The first-order valence-electron chi connectivity index (χ1n) is 8.47. The predicted molar refractivity (Wildman–Crippen MR) is 108 cm³/mol. The van der Waals surface area contributed by atoms with Gasteiger partial charge in [-0.2, -0.15) is 0 Å². The smallest absolute Gasteiger partial charge is 0.191 e. The molecule has 0 aliphatic heterocycles. The largest absolute Gasteiger partial charge is 0.385 e. The van der Waals surface area contributed by atoms with Crippen LogP contribution in [0.25, 0.3) is 0 Å². The molecule has 1 aliphatic rings. The molecule has 0 heterocycles. The van der Waals surface area contributed by atoms with Crippen LogP contribution in [0.3, 0.4) is 0 Å². The Bertz CT molecular complexity index is 503. The van der Waals surface area contributed by atoms with E-state index in [0.717, 1.165) is 51.5 Å². The summed E-state index contributed by atoms with van der Waals surface area (Å²) in [5.41, 5.74) is 1.27. The summed E-state index contributed by atoms with van der Waals surface area (Å²) in [6.45, 7) is 5.21. The molecule has 0 unspecified atom stereocenters. The van der Waals surface area contributed by atoms with Crippen LogP contribution in [0, 0.1) is 5.82 Å². The van der Waals surface area contributed by atoms with Crippen LogP contribution < -0.4 is 10.6 Å². The highest BCUT2D eigenvalue weighted by atomic mass is 127. The molecule has 2 N–H and O–H groups in total. The second-order valence-electron chi connectivity index (χ2n) is 6.11. The molecule has 1 saturated carbocycles. The van der Waals surface area contributed by atoms with E-state index in [1.165, 1.54) is 12.0 Å². The molecule has 0 saturated heterocycles. The van der Waals surface area contributed by atoms with Gasteiger partial charge in [0, 0.05) is 32.2 Å². The average molecular weight is 449 g/mol. The number of hydrogen-bond donors (Lipinski definition) is 2. The molecule has 0 radical (unpaired) electrons. The van der Waals surface area contributed by atoms with Crippen molar-refractivity contribution in [3.05, 3.63) is 35.6 Å². The lowest BCUT2D eigenvalue weighted by atomic mass is 9.64. The second kappa shape index (κ2) is 10.9. The highest BCUT2D eigenvalue weighted by Crippen LogP contribution is 2.43. The van der Waals surface area contributed by atoms with Gasteiger partial charge in [-0.25, -0.2) is 4.39 Å². The number of ether oxygens (including phenoxy) is 1. The molecule has 136 valence electrons. The number of nitrogens with zero attached hydrogens (tertiary/aromatic N) is 1. The first-order valence-corrected chi connectivity index (χ1v) is 8.47. The molecule has 0 bridgehead atoms. The molecule has 0 aromatic heterocycles. The maximum Gasteiger partial charge on any atom is 0.191 e. The van der Waals surface area contributed by atoms with Gasteiger partial charge < -0.3 is 15.4 Å². The van der Waals surface area contributed by atoms with Crippen LogP contribution in [0.15, 0.2) is 29.3 Å². The topological polar surface area (TPSA) is 45.7 Å². The Morgan fingerprint density at radius 2 is 1.96 bits per heavy atom. The molecule has 0 amide bonds. The van der Waals surface area contributed by atoms with Crippen molar-refractivity contribution < 1.29 is 9.13 Å². The molecule has 1 fully saturated rings. The quantitative estimate of drug-likeness (QED) is 0.277. The summed E-state index contributed by atoms with van der Waals surface area (Å²) in [4.78, 5) is 4.76. The number of nitrogens with one attached hydrogen (secondary N) is 2. The van der Waals surface area contributed by atoms with Gasteiger partial charge in [-0.3, -0.25) is 4.99 Å². The number of methoxy groups -OCH3 is 1. The van der Waals surface area contributed by atoms with E-state index in [1.54, 1.807) is 19.2 Å². The van der Waals surface area contributed by atoms with Crippen LogP contribution in [-0.2, 0) is 10.2 Å². The van der Waals surface area contributed by atoms with Crippen LogP contribution in [0.5, 0.6) is 0 Å². The minimum Gasteiger partial charge on any atom is -0.385 e. The Hall–Kier alpha value is -0.890. The van der Waals surface area contributed by atoms with Gasteiger partial charge in [-0.15, -0.1) is 24.0 Å². The Balaban J connectivity index is 0.00000288. The molecule has 6 heteroatoms. The highest BCUT2D eigenvalue weighted by Gasteiger charge is 2.38. The predicted octanol–water partition coefficient (Wildman–Crippen LogP) is 3.46. The Morgan fingerprint density at radius 3 is 2.50 bits per heavy atom. The summed E-state index contributed by atoms with van der Waals surface area (Å²) in [7, 11) is 1.71. The van der Waals surface area contributed by atoms with Gasteiger partial charge in [0.1, 0.15) is 5.82 Å². The monoisotopic (exact) mass is 449 g/mol. The van der Waals surface area contributed by atoms with E-state index in [9.17, 15) is 4.39 Å². The van der Waals surface area contributed by atoms with Gasteiger partial charge in [0.2, 0.25) is 0 Å². The third-order valence-corrected chi connectivity index (χ3v) is 4.47. The fourth-order valence-corrected chi connectivity index (χ4v) is 2.94. The lowest BCUT2D eigenvalue weighted by Gasteiger charge is -2.41. The van der Waals surface area contributed by atoms with Gasteiger partial charge in [0.15, 0.2) is 5.96 Å². The summed E-state index contributed by atoms with van der Waals surface area (Å²) >= 11 is 0. The summed E-state index contributed by atoms with van der Waals surface area (Å²) in [6, 6.07) is 6.91. The number of aliphatic imine (C=N–C) groups is 1. The van der Waals surface area contributed by atoms with Crippen LogP contribution in [0.4, 0.5) is 4.39 Å². The molecular weight excluding hydrogens is 420 g/mol. The van der Waals surface area contributed by atoms with E-state index in [-0.39, 0.29) is 35.2 Å². The number of guanidine groups is 1. The maximum absolute atomic E-state index is 13.2. The third kappa shape index (κ3) is 5.88. The fourth-order valence-electron chi connectivity index (χ4n) is 2.94. The van der Waals surface area contributed by atoms with Gasteiger partial charge >= 0.3 is 0 Å². The average Bonchev–Trinajstić information content (AvgIpc) is 2.52. The molecule has 0 spiro atoms. The van der Waals surface area contributed by atoms with E-state index in [4.69, 9.17) is 9.73 Å². The maximum atomic E-state index is 13.2.